The lowest BCUT2D eigenvalue weighted by molar-refractivity contribution is 0.315. The van der Waals surface area contributed by atoms with E-state index in [1.807, 2.05) is 30.3 Å². The van der Waals surface area contributed by atoms with Crippen molar-refractivity contribution in [1.29, 1.82) is 0 Å². The summed E-state index contributed by atoms with van der Waals surface area (Å²) in [7, 11) is 0. The molecule has 4 heteroatoms. The molecule has 0 spiro atoms. The van der Waals surface area contributed by atoms with Gasteiger partial charge >= 0.3 is 0 Å². The molecule has 0 heterocycles. The van der Waals surface area contributed by atoms with Gasteiger partial charge in [-0.05, 0) is 36.8 Å². The number of anilines is 1. The molecular formula is C15H15Cl2NO. The minimum absolute atomic E-state index is 0.545. The second-order valence-electron chi connectivity index (χ2n) is 4.07. The van der Waals surface area contributed by atoms with E-state index in [2.05, 4.69) is 5.32 Å². The Bertz CT molecular complexity index is 517. The number of para-hydroxylation sites is 1. The van der Waals surface area contributed by atoms with Crippen LogP contribution in [0, 0.1) is 0 Å². The Hall–Kier alpha value is -1.38. The molecule has 0 amide bonds. The first-order chi connectivity index (χ1) is 9.25. The Balaban J connectivity index is 1.69. The quantitative estimate of drug-likeness (QED) is 0.767. The average Bonchev–Trinajstić information content (AvgIpc) is 2.42. The van der Waals surface area contributed by atoms with Crippen molar-refractivity contribution < 1.29 is 4.74 Å². The zero-order valence-electron chi connectivity index (χ0n) is 10.4. The normalized spacial score (nSPS) is 10.2. The number of rotatable bonds is 6. The Kier molecular flexibility index (Phi) is 5.37. The van der Waals surface area contributed by atoms with Crippen LogP contribution in [-0.2, 0) is 0 Å². The van der Waals surface area contributed by atoms with Gasteiger partial charge in [-0.2, -0.15) is 0 Å². The number of ether oxygens (including phenoxy) is 1. The largest absolute Gasteiger partial charge is 0.492 e. The fraction of sp³-hybridized carbons (Fsp3) is 0.200. The van der Waals surface area contributed by atoms with Gasteiger partial charge in [-0.3, -0.25) is 0 Å². The Morgan fingerprint density at radius 3 is 2.53 bits per heavy atom. The van der Waals surface area contributed by atoms with E-state index in [1.54, 1.807) is 18.2 Å². The molecule has 0 saturated carbocycles. The molecule has 0 bridgehead atoms. The third-order valence-corrected chi connectivity index (χ3v) is 3.11. The summed E-state index contributed by atoms with van der Waals surface area (Å²) < 4.78 is 5.60. The molecule has 1 N–H and O–H groups in total. The third kappa shape index (κ3) is 4.66. The van der Waals surface area contributed by atoms with Gasteiger partial charge in [-0.25, -0.2) is 0 Å². The van der Waals surface area contributed by atoms with Crippen LogP contribution in [0.3, 0.4) is 0 Å². The van der Waals surface area contributed by atoms with Crippen molar-refractivity contribution >= 4 is 28.9 Å². The number of halogens is 2. The predicted octanol–water partition coefficient (Wildman–Crippen LogP) is 4.87. The van der Waals surface area contributed by atoms with Gasteiger partial charge < -0.3 is 10.1 Å². The first-order valence-electron chi connectivity index (χ1n) is 6.12. The molecule has 0 unspecified atom stereocenters. The van der Waals surface area contributed by atoms with Crippen LogP contribution in [0.4, 0.5) is 5.69 Å². The van der Waals surface area contributed by atoms with Crippen molar-refractivity contribution in [2.45, 2.75) is 6.42 Å². The summed E-state index contributed by atoms with van der Waals surface area (Å²) in [6.45, 7) is 1.47. The number of nitrogens with one attached hydrogen (secondary N) is 1. The molecular weight excluding hydrogens is 281 g/mol. The second kappa shape index (κ2) is 7.27. The summed E-state index contributed by atoms with van der Waals surface area (Å²) in [4.78, 5) is 0. The molecule has 2 aromatic carbocycles. The molecule has 0 atom stereocenters. The molecule has 0 aliphatic carbocycles. The van der Waals surface area contributed by atoms with Crippen LogP contribution in [0.1, 0.15) is 6.42 Å². The minimum Gasteiger partial charge on any atom is -0.492 e. The van der Waals surface area contributed by atoms with Crippen LogP contribution in [0.15, 0.2) is 48.5 Å². The highest BCUT2D eigenvalue weighted by molar-refractivity contribution is 6.35. The van der Waals surface area contributed by atoms with Gasteiger partial charge in [-0.1, -0.05) is 41.4 Å². The van der Waals surface area contributed by atoms with Gasteiger partial charge in [0.25, 0.3) is 0 Å². The van der Waals surface area contributed by atoms with E-state index in [1.165, 1.54) is 0 Å². The van der Waals surface area contributed by atoms with Crippen LogP contribution in [0.2, 0.25) is 10.0 Å². The topological polar surface area (TPSA) is 21.3 Å². The summed E-state index contributed by atoms with van der Waals surface area (Å²) in [5.41, 5.74) is 1.12. The zero-order chi connectivity index (χ0) is 13.5. The lowest BCUT2D eigenvalue weighted by Gasteiger charge is -2.09. The van der Waals surface area contributed by atoms with E-state index < -0.39 is 0 Å². The third-order valence-electron chi connectivity index (χ3n) is 2.58. The standard InChI is InChI=1S/C15H15Cl2NO/c16-12-7-8-15(14(17)11-12)19-10-4-9-18-13-5-2-1-3-6-13/h1-3,5-8,11,18H,4,9-10H2. The molecule has 0 aliphatic heterocycles. The molecule has 0 radical (unpaired) electrons. The van der Waals surface area contributed by atoms with Crippen LogP contribution >= 0.6 is 23.2 Å². The highest BCUT2D eigenvalue weighted by Gasteiger charge is 2.01. The molecule has 0 fully saturated rings. The van der Waals surface area contributed by atoms with Crippen molar-refractivity contribution in [2.24, 2.45) is 0 Å². The van der Waals surface area contributed by atoms with E-state index in [0.29, 0.717) is 22.4 Å². The first-order valence-corrected chi connectivity index (χ1v) is 6.88. The molecule has 19 heavy (non-hydrogen) atoms. The minimum atomic E-state index is 0.545. The Morgan fingerprint density at radius 1 is 1.00 bits per heavy atom. The molecule has 2 nitrogen and oxygen atoms in total. The lowest BCUT2D eigenvalue weighted by Crippen LogP contribution is -2.07. The highest BCUT2D eigenvalue weighted by atomic mass is 35.5. The van der Waals surface area contributed by atoms with Gasteiger partial charge in [0, 0.05) is 17.3 Å². The second-order valence-corrected chi connectivity index (χ2v) is 4.91. The van der Waals surface area contributed by atoms with Gasteiger partial charge in [-0.15, -0.1) is 0 Å². The molecule has 100 valence electrons. The molecule has 0 aliphatic rings. The number of benzene rings is 2. The molecule has 0 saturated heterocycles. The van der Waals surface area contributed by atoms with Crippen LogP contribution in [0.5, 0.6) is 5.75 Å². The van der Waals surface area contributed by atoms with E-state index in [9.17, 15) is 0 Å². The van der Waals surface area contributed by atoms with Gasteiger partial charge in [0.2, 0.25) is 0 Å². The van der Waals surface area contributed by atoms with E-state index in [0.717, 1.165) is 18.7 Å². The van der Waals surface area contributed by atoms with E-state index in [-0.39, 0.29) is 0 Å². The smallest absolute Gasteiger partial charge is 0.137 e. The zero-order valence-corrected chi connectivity index (χ0v) is 11.9. The van der Waals surface area contributed by atoms with Crippen LogP contribution in [-0.4, -0.2) is 13.2 Å². The van der Waals surface area contributed by atoms with Crippen molar-refractivity contribution in [3.05, 3.63) is 58.6 Å². The van der Waals surface area contributed by atoms with Gasteiger partial charge in [0.1, 0.15) is 5.75 Å². The summed E-state index contributed by atoms with van der Waals surface area (Å²) in [5, 5.41) is 4.48. The van der Waals surface area contributed by atoms with Gasteiger partial charge in [0.15, 0.2) is 0 Å². The first kappa shape index (κ1) is 14.0. The lowest BCUT2D eigenvalue weighted by atomic mass is 10.3. The van der Waals surface area contributed by atoms with E-state index in [4.69, 9.17) is 27.9 Å². The Morgan fingerprint density at radius 2 is 1.79 bits per heavy atom. The predicted molar refractivity (Wildman–Crippen MR) is 81.5 cm³/mol. The Labute approximate surface area is 123 Å². The maximum absolute atomic E-state index is 6.01. The van der Waals surface area contributed by atoms with Crippen LogP contribution < -0.4 is 10.1 Å². The molecule has 0 aromatic heterocycles. The molecule has 2 aromatic rings. The van der Waals surface area contributed by atoms with Crippen LogP contribution in [0.25, 0.3) is 0 Å². The summed E-state index contributed by atoms with van der Waals surface area (Å²) in [6, 6.07) is 15.3. The van der Waals surface area contributed by atoms with Crippen molar-refractivity contribution in [1.82, 2.24) is 0 Å². The van der Waals surface area contributed by atoms with Crippen molar-refractivity contribution in [2.75, 3.05) is 18.5 Å². The van der Waals surface area contributed by atoms with E-state index >= 15 is 0 Å². The number of hydrogen-bond acceptors (Lipinski definition) is 2. The average molecular weight is 296 g/mol. The van der Waals surface area contributed by atoms with Gasteiger partial charge in [0.05, 0.1) is 11.6 Å². The van der Waals surface area contributed by atoms with Crippen molar-refractivity contribution in [3.63, 3.8) is 0 Å². The van der Waals surface area contributed by atoms with Crippen molar-refractivity contribution in [3.8, 4) is 5.75 Å². The fourth-order valence-corrected chi connectivity index (χ4v) is 2.10. The SMILES string of the molecule is Clc1ccc(OCCCNc2ccccc2)c(Cl)c1. The maximum Gasteiger partial charge on any atom is 0.137 e. The highest BCUT2D eigenvalue weighted by Crippen LogP contribution is 2.27. The molecule has 2 rings (SSSR count). The monoisotopic (exact) mass is 295 g/mol. The summed E-state index contributed by atoms with van der Waals surface area (Å²) >= 11 is 11.8. The fourth-order valence-electron chi connectivity index (χ4n) is 1.64. The summed E-state index contributed by atoms with van der Waals surface area (Å²) in [5.74, 6) is 0.672. The number of hydrogen-bond donors (Lipinski definition) is 1. The maximum atomic E-state index is 6.01. The summed E-state index contributed by atoms with van der Waals surface area (Å²) in [6.07, 6.45) is 0.897.